The highest BCUT2D eigenvalue weighted by molar-refractivity contribution is 5.49. The first-order valence-corrected chi connectivity index (χ1v) is 7.70. The molecule has 0 bridgehead atoms. The van der Waals surface area contributed by atoms with Gasteiger partial charge in [0.05, 0.1) is 5.60 Å². The lowest BCUT2D eigenvalue weighted by molar-refractivity contribution is -0.154. The van der Waals surface area contributed by atoms with Crippen molar-refractivity contribution in [1.29, 1.82) is 0 Å². The molecule has 0 fully saturated rings. The molecule has 0 aromatic heterocycles. The highest BCUT2D eigenvalue weighted by atomic mass is 16.7. The second kappa shape index (κ2) is 7.30. The van der Waals surface area contributed by atoms with Crippen molar-refractivity contribution in [3.8, 4) is 5.75 Å². The highest BCUT2D eigenvalue weighted by Crippen LogP contribution is 2.28. The SMILES string of the molecule is C=Cc1ccc(OC(OC(C)(C)C)c2ccc(C=C)cc2)cc1. The van der Waals surface area contributed by atoms with Crippen LogP contribution >= 0.6 is 0 Å². The lowest BCUT2D eigenvalue weighted by Crippen LogP contribution is -2.25. The number of ether oxygens (including phenoxy) is 2. The zero-order chi connectivity index (χ0) is 16.9. The lowest BCUT2D eigenvalue weighted by Gasteiger charge is -2.28. The molecule has 1 unspecified atom stereocenters. The standard InChI is InChI=1S/C21H24O2/c1-6-16-8-12-18(13-9-16)20(23-21(3,4)5)22-19-14-10-17(7-2)11-15-19/h6-15,20H,1-2H2,3-5H3. The van der Waals surface area contributed by atoms with E-state index in [-0.39, 0.29) is 5.60 Å². The Morgan fingerprint density at radius 2 is 1.30 bits per heavy atom. The van der Waals surface area contributed by atoms with Gasteiger partial charge in [0.1, 0.15) is 5.75 Å². The highest BCUT2D eigenvalue weighted by Gasteiger charge is 2.22. The van der Waals surface area contributed by atoms with E-state index < -0.39 is 6.29 Å². The van der Waals surface area contributed by atoms with Crippen LogP contribution < -0.4 is 4.74 Å². The van der Waals surface area contributed by atoms with Crippen LogP contribution in [0.5, 0.6) is 5.75 Å². The Hall–Kier alpha value is -2.32. The molecule has 2 aromatic rings. The minimum Gasteiger partial charge on any atom is -0.461 e. The van der Waals surface area contributed by atoms with Crippen LogP contribution in [0, 0.1) is 0 Å². The third kappa shape index (κ3) is 5.11. The van der Waals surface area contributed by atoms with Crippen LogP contribution in [0.25, 0.3) is 12.2 Å². The van der Waals surface area contributed by atoms with Crippen LogP contribution in [0.3, 0.4) is 0 Å². The van der Waals surface area contributed by atoms with E-state index in [1.165, 1.54) is 0 Å². The summed E-state index contributed by atoms with van der Waals surface area (Å²) in [4.78, 5) is 0. The van der Waals surface area contributed by atoms with E-state index in [0.717, 1.165) is 22.4 Å². The Balaban J connectivity index is 2.24. The molecule has 2 heteroatoms. The van der Waals surface area contributed by atoms with Crippen molar-refractivity contribution < 1.29 is 9.47 Å². The fraction of sp³-hybridized carbons (Fsp3) is 0.238. The molecule has 0 aliphatic heterocycles. The molecule has 0 heterocycles. The summed E-state index contributed by atoms with van der Waals surface area (Å²) in [5.41, 5.74) is 2.78. The third-order valence-electron chi connectivity index (χ3n) is 3.26. The lowest BCUT2D eigenvalue weighted by atomic mass is 10.1. The quantitative estimate of drug-likeness (QED) is 0.622. The number of hydrogen-bond acceptors (Lipinski definition) is 2. The Bertz CT molecular complexity index is 646. The summed E-state index contributed by atoms with van der Waals surface area (Å²) >= 11 is 0. The van der Waals surface area contributed by atoms with Crippen molar-refractivity contribution >= 4 is 12.2 Å². The number of rotatable bonds is 6. The molecular weight excluding hydrogens is 284 g/mol. The summed E-state index contributed by atoms with van der Waals surface area (Å²) in [6.07, 6.45) is 3.16. The molecule has 0 N–H and O–H groups in total. The minimum atomic E-state index is -0.469. The second-order valence-corrected chi connectivity index (χ2v) is 6.32. The van der Waals surface area contributed by atoms with Crippen LogP contribution in [0.2, 0.25) is 0 Å². The molecule has 2 nitrogen and oxygen atoms in total. The topological polar surface area (TPSA) is 18.5 Å². The maximum Gasteiger partial charge on any atom is 0.227 e. The Labute approximate surface area is 139 Å². The molecule has 0 amide bonds. The van der Waals surface area contributed by atoms with E-state index in [1.807, 2.05) is 75.4 Å². The van der Waals surface area contributed by atoms with Crippen molar-refractivity contribution in [1.82, 2.24) is 0 Å². The fourth-order valence-electron chi connectivity index (χ4n) is 2.08. The predicted octanol–water partition coefficient (Wildman–Crippen LogP) is 5.87. The van der Waals surface area contributed by atoms with Crippen LogP contribution in [-0.4, -0.2) is 5.60 Å². The summed E-state index contributed by atoms with van der Waals surface area (Å²) < 4.78 is 12.2. The van der Waals surface area contributed by atoms with Crippen LogP contribution in [0.4, 0.5) is 0 Å². The normalized spacial score (nSPS) is 12.5. The average Bonchev–Trinajstić information content (AvgIpc) is 2.54. The summed E-state index contributed by atoms with van der Waals surface area (Å²) in [5.74, 6) is 0.762. The molecule has 2 aromatic carbocycles. The molecule has 0 saturated heterocycles. The molecule has 0 saturated carbocycles. The molecule has 0 aliphatic carbocycles. The van der Waals surface area contributed by atoms with E-state index in [0.29, 0.717) is 0 Å². The maximum atomic E-state index is 6.09. The van der Waals surface area contributed by atoms with Crippen LogP contribution in [0.15, 0.2) is 61.7 Å². The Morgan fingerprint density at radius 1 is 0.826 bits per heavy atom. The second-order valence-electron chi connectivity index (χ2n) is 6.32. The first-order chi connectivity index (χ1) is 10.9. The number of hydrogen-bond donors (Lipinski definition) is 0. The first-order valence-electron chi connectivity index (χ1n) is 7.70. The van der Waals surface area contributed by atoms with E-state index in [2.05, 4.69) is 13.2 Å². The van der Waals surface area contributed by atoms with Gasteiger partial charge < -0.3 is 9.47 Å². The zero-order valence-corrected chi connectivity index (χ0v) is 14.1. The van der Waals surface area contributed by atoms with Crippen molar-refractivity contribution in [2.24, 2.45) is 0 Å². The predicted molar refractivity (Wildman–Crippen MR) is 97.3 cm³/mol. The van der Waals surface area contributed by atoms with Gasteiger partial charge in [-0.05, 0) is 44.0 Å². The van der Waals surface area contributed by atoms with Gasteiger partial charge in [-0.3, -0.25) is 0 Å². The van der Waals surface area contributed by atoms with E-state index in [1.54, 1.807) is 6.08 Å². The van der Waals surface area contributed by atoms with Crippen molar-refractivity contribution in [2.45, 2.75) is 32.7 Å². The summed E-state index contributed by atoms with van der Waals surface area (Å²) in [7, 11) is 0. The van der Waals surface area contributed by atoms with Gasteiger partial charge in [-0.25, -0.2) is 0 Å². The molecule has 120 valence electrons. The molecule has 0 aliphatic rings. The van der Waals surface area contributed by atoms with Crippen molar-refractivity contribution in [2.75, 3.05) is 0 Å². The fourth-order valence-corrected chi connectivity index (χ4v) is 2.08. The smallest absolute Gasteiger partial charge is 0.227 e. The summed E-state index contributed by atoms with van der Waals surface area (Å²) in [6, 6.07) is 15.8. The zero-order valence-electron chi connectivity index (χ0n) is 14.1. The molecular formula is C21H24O2. The van der Waals surface area contributed by atoms with Crippen molar-refractivity contribution in [3.63, 3.8) is 0 Å². The largest absolute Gasteiger partial charge is 0.461 e. The molecule has 2 rings (SSSR count). The monoisotopic (exact) mass is 308 g/mol. The van der Waals surface area contributed by atoms with Crippen LogP contribution in [-0.2, 0) is 4.74 Å². The maximum absolute atomic E-state index is 6.09. The van der Waals surface area contributed by atoms with Crippen molar-refractivity contribution in [3.05, 3.63) is 78.4 Å². The van der Waals surface area contributed by atoms with Gasteiger partial charge >= 0.3 is 0 Å². The van der Waals surface area contributed by atoms with E-state index in [9.17, 15) is 0 Å². The van der Waals surface area contributed by atoms with E-state index >= 15 is 0 Å². The molecule has 0 spiro atoms. The van der Waals surface area contributed by atoms with Gasteiger partial charge in [0, 0.05) is 5.56 Å². The Kier molecular flexibility index (Phi) is 5.41. The van der Waals surface area contributed by atoms with E-state index in [4.69, 9.17) is 9.47 Å². The number of benzene rings is 2. The Morgan fingerprint density at radius 3 is 1.74 bits per heavy atom. The van der Waals surface area contributed by atoms with Gasteiger partial charge in [0.25, 0.3) is 0 Å². The van der Waals surface area contributed by atoms with Gasteiger partial charge in [0.15, 0.2) is 0 Å². The molecule has 1 atom stereocenters. The van der Waals surface area contributed by atoms with Crippen LogP contribution in [0.1, 0.15) is 43.8 Å². The molecule has 23 heavy (non-hydrogen) atoms. The first kappa shape index (κ1) is 17.0. The average molecular weight is 308 g/mol. The summed E-state index contributed by atoms with van der Waals surface area (Å²) in [5, 5.41) is 0. The summed E-state index contributed by atoms with van der Waals surface area (Å²) in [6.45, 7) is 13.6. The third-order valence-corrected chi connectivity index (χ3v) is 3.26. The van der Waals surface area contributed by atoms with Gasteiger partial charge in [-0.15, -0.1) is 0 Å². The molecule has 0 radical (unpaired) electrons. The van der Waals surface area contributed by atoms with Gasteiger partial charge in [-0.1, -0.05) is 61.7 Å². The van der Waals surface area contributed by atoms with Gasteiger partial charge in [0.2, 0.25) is 6.29 Å². The minimum absolute atomic E-state index is 0.317. The van der Waals surface area contributed by atoms with Gasteiger partial charge in [-0.2, -0.15) is 0 Å².